The first-order valence-corrected chi connectivity index (χ1v) is 7.71. The molecule has 2 aromatic rings. The van der Waals surface area contributed by atoms with E-state index >= 15 is 0 Å². The predicted octanol–water partition coefficient (Wildman–Crippen LogP) is 4.47. The van der Waals surface area contributed by atoms with E-state index in [9.17, 15) is 4.39 Å². The summed E-state index contributed by atoms with van der Waals surface area (Å²) in [6, 6.07) is 15.4. The lowest BCUT2D eigenvalue weighted by Crippen LogP contribution is -2.24. The maximum atomic E-state index is 13.3. The second kappa shape index (κ2) is 8.89. The average molecular weight is 323 g/mol. The van der Waals surface area contributed by atoms with Gasteiger partial charge in [0.15, 0.2) is 0 Å². The third-order valence-electron chi connectivity index (χ3n) is 3.83. The highest BCUT2D eigenvalue weighted by molar-refractivity contribution is 6.30. The Morgan fingerprint density at radius 2 is 1.77 bits per heavy atom. The summed E-state index contributed by atoms with van der Waals surface area (Å²) in [5, 5.41) is 0.199. The molecule has 0 saturated carbocycles. The smallest absolute Gasteiger partial charge is 0.141 e. The minimum atomic E-state index is -0.358. The molecule has 0 spiro atoms. The summed E-state index contributed by atoms with van der Waals surface area (Å²) in [6.07, 6.45) is 1.90. The summed E-state index contributed by atoms with van der Waals surface area (Å²) < 4.78 is 13.3. The molecule has 0 bridgehead atoms. The van der Waals surface area contributed by atoms with E-state index in [-0.39, 0.29) is 16.3 Å². The lowest BCUT2D eigenvalue weighted by molar-refractivity contribution is 0.451. The molecule has 0 fully saturated rings. The lowest BCUT2D eigenvalue weighted by Gasteiger charge is -2.29. The number of nitrogens with one attached hydrogen (secondary N) is 1. The van der Waals surface area contributed by atoms with Crippen LogP contribution in [0.15, 0.2) is 48.5 Å². The maximum absolute atomic E-state index is 13.3. The van der Waals surface area contributed by atoms with Crippen LogP contribution < -0.4 is 11.3 Å². The molecule has 1 unspecified atom stereocenters. The van der Waals surface area contributed by atoms with Crippen LogP contribution in [0.3, 0.4) is 0 Å². The van der Waals surface area contributed by atoms with Crippen molar-refractivity contribution >= 4 is 11.6 Å². The van der Waals surface area contributed by atoms with Gasteiger partial charge >= 0.3 is 0 Å². The average Bonchev–Trinajstić information content (AvgIpc) is 2.51. The van der Waals surface area contributed by atoms with Gasteiger partial charge in [0, 0.05) is 0 Å². The van der Waals surface area contributed by atoms with Gasteiger partial charge in [-0.15, -0.1) is 0 Å². The number of hydrogen-bond donors (Lipinski definition) is 2. The van der Waals surface area contributed by atoms with Gasteiger partial charge in [0.1, 0.15) is 5.82 Å². The molecular weight excluding hydrogens is 299 g/mol. The fourth-order valence-corrected chi connectivity index (χ4v) is 2.53. The van der Waals surface area contributed by atoms with E-state index in [1.807, 2.05) is 24.3 Å². The summed E-state index contributed by atoms with van der Waals surface area (Å²) in [6.45, 7) is 4.35. The van der Waals surface area contributed by atoms with Gasteiger partial charge in [-0.3, -0.25) is 11.3 Å². The molecule has 0 radical (unpaired) electrons. The fraction of sp³-hybridized carbons (Fsp3) is 0.333. The van der Waals surface area contributed by atoms with Gasteiger partial charge in [-0.2, -0.15) is 0 Å². The molecule has 0 amide bonds. The minimum Gasteiger partial charge on any atom is -0.272 e. The van der Waals surface area contributed by atoms with Crippen LogP contribution in [-0.2, 0) is 11.8 Å². The van der Waals surface area contributed by atoms with Crippen LogP contribution in [0.2, 0.25) is 5.02 Å². The van der Waals surface area contributed by atoms with Crippen molar-refractivity contribution in [1.29, 1.82) is 0 Å². The van der Waals surface area contributed by atoms with E-state index in [0.717, 1.165) is 18.4 Å². The molecular formula is C18H24ClFN2. The highest BCUT2D eigenvalue weighted by atomic mass is 35.5. The summed E-state index contributed by atoms with van der Waals surface area (Å²) in [7, 11) is 1.65. The number of hydrazine groups is 1. The molecule has 4 heteroatoms. The van der Waals surface area contributed by atoms with Crippen LogP contribution in [0, 0.1) is 5.82 Å². The van der Waals surface area contributed by atoms with Gasteiger partial charge in [0.2, 0.25) is 0 Å². The Morgan fingerprint density at radius 1 is 1.18 bits per heavy atom. The van der Waals surface area contributed by atoms with Crippen LogP contribution in [0.5, 0.6) is 0 Å². The van der Waals surface area contributed by atoms with Crippen molar-refractivity contribution in [3.63, 3.8) is 0 Å². The maximum Gasteiger partial charge on any atom is 0.141 e. The third-order valence-corrected chi connectivity index (χ3v) is 4.12. The summed E-state index contributed by atoms with van der Waals surface area (Å²) in [4.78, 5) is 0. The first kappa shape index (κ1) is 18.6. The van der Waals surface area contributed by atoms with Gasteiger partial charge in [0.25, 0.3) is 0 Å². The third kappa shape index (κ3) is 5.09. The molecule has 2 nitrogen and oxygen atoms in total. The number of rotatable bonds is 4. The molecule has 0 aromatic heterocycles. The molecule has 22 heavy (non-hydrogen) atoms. The van der Waals surface area contributed by atoms with Crippen LogP contribution in [0.4, 0.5) is 4.39 Å². The molecule has 1 atom stereocenters. The Labute approximate surface area is 137 Å². The van der Waals surface area contributed by atoms with Gasteiger partial charge in [0.05, 0.1) is 5.02 Å². The number of benzene rings is 2. The lowest BCUT2D eigenvalue weighted by atomic mass is 9.75. The molecule has 0 aliphatic rings. The highest BCUT2D eigenvalue weighted by Crippen LogP contribution is 2.33. The summed E-state index contributed by atoms with van der Waals surface area (Å²) in [5.41, 5.74) is 4.59. The Bertz CT molecular complexity index is 575. The molecule has 0 aliphatic heterocycles. The van der Waals surface area contributed by atoms with E-state index in [1.165, 1.54) is 11.6 Å². The van der Waals surface area contributed by atoms with E-state index < -0.39 is 0 Å². The number of nitrogens with two attached hydrogens (primary N) is 1. The Hall–Kier alpha value is -1.42. The van der Waals surface area contributed by atoms with Crippen molar-refractivity contribution in [2.24, 2.45) is 5.84 Å². The molecule has 2 rings (SSSR count). The van der Waals surface area contributed by atoms with E-state index in [1.54, 1.807) is 13.1 Å². The summed E-state index contributed by atoms with van der Waals surface area (Å²) in [5.74, 6) is 4.24. The van der Waals surface area contributed by atoms with Gasteiger partial charge in [-0.25, -0.2) is 4.39 Å². The first-order valence-electron chi connectivity index (χ1n) is 7.33. The first-order chi connectivity index (χ1) is 10.5. The van der Waals surface area contributed by atoms with Crippen LogP contribution in [0.25, 0.3) is 0 Å². The van der Waals surface area contributed by atoms with E-state index in [2.05, 4.69) is 37.2 Å². The van der Waals surface area contributed by atoms with Crippen molar-refractivity contribution in [2.45, 2.75) is 32.1 Å². The molecule has 0 saturated heterocycles. The Balaban J connectivity index is 0.000000745. The van der Waals surface area contributed by atoms with E-state index in [4.69, 9.17) is 11.6 Å². The molecule has 0 heterocycles. The standard InChI is InChI=1S/C17H18ClF.CH6N2/c1-3-17(2,12-13-7-5-4-6-8-13)14-9-10-16(19)15(18)11-14;1-3-2/h4-11H,3,12H2,1-2H3;3H,2H2,1H3. The predicted molar refractivity (Wildman–Crippen MR) is 92.4 cm³/mol. The molecule has 0 aliphatic carbocycles. The molecule has 120 valence electrons. The highest BCUT2D eigenvalue weighted by Gasteiger charge is 2.25. The van der Waals surface area contributed by atoms with E-state index in [0.29, 0.717) is 0 Å². The Kier molecular flexibility index (Phi) is 7.52. The second-order valence-electron chi connectivity index (χ2n) is 5.49. The summed E-state index contributed by atoms with van der Waals surface area (Å²) >= 11 is 5.90. The van der Waals surface area contributed by atoms with Crippen molar-refractivity contribution in [2.75, 3.05) is 7.05 Å². The fourth-order valence-electron chi connectivity index (χ4n) is 2.35. The SMILES string of the molecule is CCC(C)(Cc1ccccc1)c1ccc(F)c(Cl)c1.CNN. The van der Waals surface area contributed by atoms with Gasteiger partial charge in [-0.05, 0) is 48.6 Å². The van der Waals surface area contributed by atoms with Crippen molar-refractivity contribution in [3.05, 3.63) is 70.5 Å². The quantitative estimate of drug-likeness (QED) is 0.644. The van der Waals surface area contributed by atoms with Crippen LogP contribution in [0.1, 0.15) is 31.4 Å². The van der Waals surface area contributed by atoms with Crippen molar-refractivity contribution < 1.29 is 4.39 Å². The van der Waals surface area contributed by atoms with Crippen molar-refractivity contribution in [3.8, 4) is 0 Å². The second-order valence-corrected chi connectivity index (χ2v) is 5.90. The van der Waals surface area contributed by atoms with Crippen LogP contribution in [-0.4, -0.2) is 7.05 Å². The largest absolute Gasteiger partial charge is 0.272 e. The normalized spacial score (nSPS) is 13.0. The monoisotopic (exact) mass is 322 g/mol. The number of halogens is 2. The zero-order valence-electron chi connectivity index (χ0n) is 13.4. The number of hydrogen-bond acceptors (Lipinski definition) is 2. The minimum absolute atomic E-state index is 0.0291. The van der Waals surface area contributed by atoms with Crippen molar-refractivity contribution in [1.82, 2.24) is 5.43 Å². The van der Waals surface area contributed by atoms with Crippen LogP contribution >= 0.6 is 11.6 Å². The molecule has 3 N–H and O–H groups in total. The topological polar surface area (TPSA) is 38.0 Å². The Morgan fingerprint density at radius 3 is 2.27 bits per heavy atom. The zero-order valence-corrected chi connectivity index (χ0v) is 14.1. The van der Waals surface area contributed by atoms with Gasteiger partial charge in [-0.1, -0.05) is 61.8 Å². The molecule has 2 aromatic carbocycles. The zero-order chi connectivity index (χ0) is 16.6. The van der Waals surface area contributed by atoms with Gasteiger partial charge < -0.3 is 0 Å².